The first-order valence-electron chi connectivity index (χ1n) is 5.76. The fraction of sp³-hybridized carbons (Fsp3) is 0.417. The van der Waals surface area contributed by atoms with E-state index in [4.69, 9.17) is 5.11 Å². The van der Waals surface area contributed by atoms with E-state index in [9.17, 15) is 9.69 Å². The van der Waals surface area contributed by atoms with Crippen molar-refractivity contribution in [3.8, 4) is 0 Å². The molecule has 5 heteroatoms. The van der Waals surface area contributed by atoms with Crippen molar-refractivity contribution in [2.75, 3.05) is 32.5 Å². The molecule has 0 saturated carbocycles. The maximum absolute atomic E-state index is 10.8. The SMILES string of the molecule is CN1CC[PH](O)(c2ccc(C(=O)O)cc2)CC1. The number of carboxylic acid groups (broad SMARTS) is 1. The zero-order valence-electron chi connectivity index (χ0n) is 9.89. The second-order valence-electron chi connectivity index (χ2n) is 4.72. The van der Waals surface area contributed by atoms with E-state index in [2.05, 4.69) is 11.9 Å². The molecule has 4 nitrogen and oxygen atoms in total. The van der Waals surface area contributed by atoms with Crippen LogP contribution in [0.25, 0.3) is 0 Å². The van der Waals surface area contributed by atoms with E-state index in [0.29, 0.717) is 0 Å². The maximum atomic E-state index is 10.8. The molecule has 17 heavy (non-hydrogen) atoms. The van der Waals surface area contributed by atoms with Crippen LogP contribution in [-0.4, -0.2) is 53.3 Å². The molecular formula is C12H18NO3P. The molecule has 2 N–H and O–H groups in total. The zero-order valence-corrected chi connectivity index (χ0v) is 10.9. The van der Waals surface area contributed by atoms with E-state index in [-0.39, 0.29) is 5.56 Å². The van der Waals surface area contributed by atoms with Gasteiger partial charge in [-0.3, -0.25) is 0 Å². The Bertz CT molecular complexity index is 410. The van der Waals surface area contributed by atoms with Gasteiger partial charge in [-0.2, -0.15) is 0 Å². The molecular weight excluding hydrogens is 237 g/mol. The second kappa shape index (κ2) is 4.73. The summed E-state index contributed by atoms with van der Waals surface area (Å²) in [4.78, 5) is 23.6. The van der Waals surface area contributed by atoms with Crippen molar-refractivity contribution < 1.29 is 14.8 Å². The Morgan fingerprint density at radius 3 is 2.24 bits per heavy atom. The van der Waals surface area contributed by atoms with Gasteiger partial charge >= 0.3 is 101 Å². The first-order chi connectivity index (χ1) is 8.01. The van der Waals surface area contributed by atoms with Crippen LogP contribution in [0.2, 0.25) is 0 Å². The van der Waals surface area contributed by atoms with Crippen LogP contribution in [0.15, 0.2) is 24.3 Å². The monoisotopic (exact) mass is 255 g/mol. The third-order valence-corrected chi connectivity index (χ3v) is 6.99. The second-order valence-corrected chi connectivity index (χ2v) is 8.36. The molecule has 0 atom stereocenters. The predicted octanol–water partition coefficient (Wildman–Crippen LogP) is 0.613. The quantitative estimate of drug-likeness (QED) is 0.760. The number of aromatic carboxylic acids is 1. The number of carboxylic acids is 1. The fourth-order valence-electron chi connectivity index (χ4n) is 2.20. The summed E-state index contributed by atoms with van der Waals surface area (Å²) in [7, 11) is -0.290. The van der Waals surface area contributed by atoms with Crippen molar-refractivity contribution in [1.82, 2.24) is 4.90 Å². The van der Waals surface area contributed by atoms with Gasteiger partial charge in [0.25, 0.3) is 0 Å². The number of rotatable bonds is 2. The average Bonchev–Trinajstić information content (AvgIpc) is 2.33. The Morgan fingerprint density at radius 1 is 1.24 bits per heavy atom. The van der Waals surface area contributed by atoms with Crippen LogP contribution in [0.4, 0.5) is 0 Å². The first-order valence-corrected chi connectivity index (χ1v) is 8.12. The number of benzene rings is 1. The number of carbonyl (C=O) groups is 1. The van der Waals surface area contributed by atoms with Crippen LogP contribution in [-0.2, 0) is 0 Å². The Morgan fingerprint density at radius 2 is 1.76 bits per heavy atom. The molecule has 2 rings (SSSR count). The van der Waals surface area contributed by atoms with Gasteiger partial charge in [-0.25, -0.2) is 0 Å². The molecule has 1 heterocycles. The van der Waals surface area contributed by atoms with E-state index in [1.807, 2.05) is 0 Å². The number of hydrogen-bond donors (Lipinski definition) is 2. The summed E-state index contributed by atoms with van der Waals surface area (Å²) in [5, 5.41) is 9.78. The minimum atomic E-state index is -2.35. The van der Waals surface area contributed by atoms with Crippen molar-refractivity contribution in [2.45, 2.75) is 0 Å². The van der Waals surface area contributed by atoms with Crippen molar-refractivity contribution in [2.24, 2.45) is 0 Å². The summed E-state index contributed by atoms with van der Waals surface area (Å²) < 4.78 is 0. The van der Waals surface area contributed by atoms with Crippen LogP contribution in [0.3, 0.4) is 0 Å². The third-order valence-electron chi connectivity index (χ3n) is 3.48. The van der Waals surface area contributed by atoms with Crippen molar-refractivity contribution in [3.63, 3.8) is 0 Å². The Kier molecular flexibility index (Phi) is 3.48. The molecule has 0 amide bonds. The van der Waals surface area contributed by atoms with Gasteiger partial charge in [0.05, 0.1) is 0 Å². The van der Waals surface area contributed by atoms with Crippen LogP contribution in [0.1, 0.15) is 10.4 Å². The molecule has 1 aromatic rings. The molecule has 0 spiro atoms. The summed E-state index contributed by atoms with van der Waals surface area (Å²) in [6, 6.07) is 6.73. The molecule has 1 fully saturated rings. The van der Waals surface area contributed by atoms with Gasteiger partial charge in [-0.1, -0.05) is 0 Å². The van der Waals surface area contributed by atoms with Crippen molar-refractivity contribution in [3.05, 3.63) is 29.8 Å². The van der Waals surface area contributed by atoms with Gasteiger partial charge in [-0.05, 0) is 0 Å². The van der Waals surface area contributed by atoms with E-state index in [1.54, 1.807) is 24.3 Å². The van der Waals surface area contributed by atoms with Crippen LogP contribution in [0, 0.1) is 0 Å². The molecule has 0 radical (unpaired) electrons. The molecule has 1 aliphatic heterocycles. The molecule has 0 bridgehead atoms. The topological polar surface area (TPSA) is 60.8 Å². The molecule has 1 saturated heterocycles. The van der Waals surface area contributed by atoms with Gasteiger partial charge in [0, 0.05) is 0 Å². The summed E-state index contributed by atoms with van der Waals surface area (Å²) >= 11 is 0. The average molecular weight is 255 g/mol. The van der Waals surface area contributed by atoms with Crippen LogP contribution < -0.4 is 5.30 Å². The first kappa shape index (κ1) is 12.5. The summed E-state index contributed by atoms with van der Waals surface area (Å²) in [6.07, 6.45) is 1.66. The van der Waals surface area contributed by atoms with Crippen LogP contribution in [0.5, 0.6) is 0 Å². The Hall–Kier alpha value is -0.960. The molecule has 1 aliphatic rings. The summed E-state index contributed by atoms with van der Waals surface area (Å²) in [5.74, 6) is -0.923. The molecule has 0 aromatic heterocycles. The predicted molar refractivity (Wildman–Crippen MR) is 70.8 cm³/mol. The van der Waals surface area contributed by atoms with Crippen molar-refractivity contribution >= 4 is 18.8 Å². The van der Waals surface area contributed by atoms with Gasteiger partial charge in [0.15, 0.2) is 0 Å². The van der Waals surface area contributed by atoms with Gasteiger partial charge < -0.3 is 0 Å². The fourth-order valence-corrected chi connectivity index (χ4v) is 5.32. The Balaban J connectivity index is 2.19. The molecule has 0 aliphatic carbocycles. The molecule has 0 unspecified atom stereocenters. The van der Waals surface area contributed by atoms with Crippen LogP contribution >= 0.6 is 7.49 Å². The summed E-state index contributed by atoms with van der Waals surface area (Å²) in [5.41, 5.74) is 0.277. The van der Waals surface area contributed by atoms with E-state index in [1.165, 1.54) is 0 Å². The number of hydrogen-bond acceptors (Lipinski definition) is 3. The summed E-state index contributed by atoms with van der Waals surface area (Å²) in [6.45, 7) is 1.84. The molecule has 1 aromatic carbocycles. The standard InChI is InChI=1S/C12H18NO3P/c1-13-6-8-17(16,9-7-13)11-4-2-10(3-5-11)12(14)15/h2-5,16-17H,6-9H2,1H3,(H,14,15). The normalized spacial score (nSPS) is 22.0. The van der Waals surface area contributed by atoms with Gasteiger partial charge in [0.1, 0.15) is 0 Å². The molecule has 94 valence electrons. The van der Waals surface area contributed by atoms with E-state index < -0.39 is 13.5 Å². The zero-order chi connectivity index (χ0) is 12.5. The third kappa shape index (κ3) is 2.65. The number of nitrogens with zero attached hydrogens (tertiary/aromatic N) is 1. The van der Waals surface area contributed by atoms with Crippen molar-refractivity contribution in [1.29, 1.82) is 0 Å². The minimum absolute atomic E-state index is 0.277. The van der Waals surface area contributed by atoms with Gasteiger partial charge in [0.2, 0.25) is 0 Å². The van der Waals surface area contributed by atoms with Gasteiger partial charge in [-0.15, -0.1) is 0 Å². The van der Waals surface area contributed by atoms with E-state index in [0.717, 1.165) is 30.7 Å². The Labute approximate surface area is 101 Å². The van der Waals surface area contributed by atoms with E-state index >= 15 is 0 Å².